The molecule has 0 fully saturated rings. The molecule has 0 saturated heterocycles. The summed E-state index contributed by atoms with van der Waals surface area (Å²) in [6.45, 7) is 3.61. The average molecular weight is 193 g/mol. The largest absolute Gasteiger partial charge is 0.779 e. The zero-order valence-corrected chi connectivity index (χ0v) is 8.81. The monoisotopic (exact) mass is 193 g/mol. The second kappa shape index (κ2) is 6.64. The second-order valence-corrected chi connectivity index (χ2v) is 4.82. The van der Waals surface area contributed by atoms with Crippen molar-refractivity contribution < 1.29 is 14.0 Å². The molecule has 0 spiro atoms. The molecule has 0 rings (SSSR count). The fraction of sp³-hybridized carbons (Fsp3) is 1.00. The highest BCUT2D eigenvalue weighted by Crippen LogP contribution is 2.30. The third-order valence-electron chi connectivity index (χ3n) is 1.57. The maximum atomic E-state index is 10.5. The molecule has 74 valence electrons. The van der Waals surface area contributed by atoms with E-state index in [1.54, 1.807) is 0 Å². The van der Waals surface area contributed by atoms with Crippen LogP contribution in [-0.4, -0.2) is 13.3 Å². The molecule has 4 heteroatoms. The van der Waals surface area contributed by atoms with Crippen LogP contribution < -0.4 is 4.89 Å². The molecule has 3 nitrogen and oxygen atoms in total. The molecule has 0 saturated carbocycles. The van der Waals surface area contributed by atoms with E-state index in [0.29, 0.717) is 6.61 Å². The predicted molar refractivity (Wildman–Crippen MR) is 48.2 cm³/mol. The van der Waals surface area contributed by atoms with Gasteiger partial charge in [0.1, 0.15) is 7.60 Å². The molecule has 0 bridgehead atoms. The SMILES string of the molecule is CCCCCCCOP(C)(=O)[O-]. The minimum atomic E-state index is -3.47. The number of unbranched alkanes of at least 4 members (excludes halogenated alkanes) is 4. The van der Waals surface area contributed by atoms with Crippen LogP contribution in [0, 0.1) is 0 Å². The van der Waals surface area contributed by atoms with Gasteiger partial charge in [-0.2, -0.15) is 0 Å². The fourth-order valence-corrected chi connectivity index (χ4v) is 1.40. The Morgan fingerprint density at radius 1 is 1.25 bits per heavy atom. The standard InChI is InChI=1S/C8H19O3P/c1-3-4-5-6-7-8-11-12(2,9)10/h3-8H2,1-2H3,(H,9,10)/p-1. The molecule has 0 heterocycles. The molecule has 0 aliphatic rings. The Bertz CT molecular complexity index is 141. The van der Waals surface area contributed by atoms with Crippen LogP contribution in [0.3, 0.4) is 0 Å². The Labute approximate surface area is 74.7 Å². The minimum Gasteiger partial charge on any atom is -0.779 e. The van der Waals surface area contributed by atoms with Gasteiger partial charge in [0.05, 0.1) is 6.61 Å². The molecular formula is C8H18O3P-. The van der Waals surface area contributed by atoms with Gasteiger partial charge in [-0.3, -0.25) is 0 Å². The summed E-state index contributed by atoms with van der Waals surface area (Å²) in [5, 5.41) is 0. The zero-order chi connectivity index (χ0) is 9.45. The molecule has 0 N–H and O–H groups in total. The van der Waals surface area contributed by atoms with E-state index in [2.05, 4.69) is 11.4 Å². The molecule has 1 unspecified atom stereocenters. The molecule has 0 aromatic rings. The minimum absolute atomic E-state index is 0.348. The number of rotatable bonds is 7. The Kier molecular flexibility index (Phi) is 6.73. The second-order valence-electron chi connectivity index (χ2n) is 3.02. The lowest BCUT2D eigenvalue weighted by atomic mass is 10.2. The van der Waals surface area contributed by atoms with Gasteiger partial charge >= 0.3 is 0 Å². The summed E-state index contributed by atoms with van der Waals surface area (Å²) in [5.41, 5.74) is 0. The smallest absolute Gasteiger partial charge is 0.131 e. The predicted octanol–water partition coefficient (Wildman–Crippen LogP) is 2.16. The Morgan fingerprint density at radius 3 is 2.33 bits per heavy atom. The third kappa shape index (κ3) is 10.2. The molecule has 0 aromatic carbocycles. The van der Waals surface area contributed by atoms with Gasteiger partial charge in [0, 0.05) is 6.66 Å². The first-order chi connectivity index (χ1) is 5.56. The molecule has 0 aromatic heterocycles. The fourth-order valence-electron chi connectivity index (χ4n) is 0.936. The van der Waals surface area contributed by atoms with Crippen LogP contribution in [0.25, 0.3) is 0 Å². The van der Waals surface area contributed by atoms with E-state index < -0.39 is 7.60 Å². The first-order valence-electron chi connectivity index (χ1n) is 4.49. The first-order valence-corrected chi connectivity index (χ1v) is 6.48. The Hall–Kier alpha value is 0.150. The molecule has 0 aliphatic carbocycles. The van der Waals surface area contributed by atoms with Crippen molar-refractivity contribution in [2.75, 3.05) is 13.3 Å². The van der Waals surface area contributed by atoms with Gasteiger partial charge < -0.3 is 14.0 Å². The van der Waals surface area contributed by atoms with E-state index in [1.165, 1.54) is 19.3 Å². The Morgan fingerprint density at radius 2 is 1.83 bits per heavy atom. The lowest BCUT2D eigenvalue weighted by Crippen LogP contribution is -2.03. The average Bonchev–Trinajstić information content (AvgIpc) is 1.94. The van der Waals surface area contributed by atoms with Crippen LogP contribution in [0.5, 0.6) is 0 Å². The summed E-state index contributed by atoms with van der Waals surface area (Å²) in [5.74, 6) is 0. The van der Waals surface area contributed by atoms with Crippen molar-refractivity contribution in [3.8, 4) is 0 Å². The van der Waals surface area contributed by atoms with Crippen LogP contribution in [0.2, 0.25) is 0 Å². The maximum Gasteiger partial charge on any atom is 0.131 e. The van der Waals surface area contributed by atoms with Gasteiger partial charge in [-0.25, -0.2) is 0 Å². The van der Waals surface area contributed by atoms with Crippen LogP contribution in [0.1, 0.15) is 39.0 Å². The van der Waals surface area contributed by atoms with E-state index >= 15 is 0 Å². The lowest BCUT2D eigenvalue weighted by Gasteiger charge is -2.17. The topological polar surface area (TPSA) is 49.4 Å². The van der Waals surface area contributed by atoms with Gasteiger partial charge in [-0.05, 0) is 6.42 Å². The van der Waals surface area contributed by atoms with E-state index in [1.807, 2.05) is 0 Å². The molecule has 12 heavy (non-hydrogen) atoms. The van der Waals surface area contributed by atoms with E-state index in [9.17, 15) is 9.46 Å². The lowest BCUT2D eigenvalue weighted by molar-refractivity contribution is -0.196. The molecule has 0 aliphatic heterocycles. The highest BCUT2D eigenvalue weighted by Gasteiger charge is 1.97. The molecule has 0 radical (unpaired) electrons. The van der Waals surface area contributed by atoms with Crippen molar-refractivity contribution >= 4 is 7.60 Å². The summed E-state index contributed by atoms with van der Waals surface area (Å²) in [7, 11) is -3.47. The summed E-state index contributed by atoms with van der Waals surface area (Å²) in [6.07, 6.45) is 5.51. The summed E-state index contributed by atoms with van der Waals surface area (Å²) < 4.78 is 15.1. The van der Waals surface area contributed by atoms with Crippen LogP contribution >= 0.6 is 7.60 Å². The van der Waals surface area contributed by atoms with Gasteiger partial charge in [0.2, 0.25) is 0 Å². The summed E-state index contributed by atoms with van der Waals surface area (Å²) in [4.78, 5) is 10.5. The van der Waals surface area contributed by atoms with Crippen molar-refractivity contribution in [1.29, 1.82) is 0 Å². The van der Waals surface area contributed by atoms with E-state index in [4.69, 9.17) is 0 Å². The Balaban J connectivity index is 3.06. The molecule has 1 atom stereocenters. The molecule has 0 amide bonds. The highest BCUT2D eigenvalue weighted by molar-refractivity contribution is 7.50. The zero-order valence-electron chi connectivity index (χ0n) is 7.91. The van der Waals surface area contributed by atoms with Gasteiger partial charge in [-0.15, -0.1) is 0 Å². The van der Waals surface area contributed by atoms with Crippen LogP contribution in [-0.2, 0) is 9.09 Å². The number of hydrogen-bond acceptors (Lipinski definition) is 3. The maximum absolute atomic E-state index is 10.5. The molecular weight excluding hydrogens is 175 g/mol. The van der Waals surface area contributed by atoms with Crippen molar-refractivity contribution in [1.82, 2.24) is 0 Å². The van der Waals surface area contributed by atoms with Crippen LogP contribution in [0.4, 0.5) is 0 Å². The quantitative estimate of drug-likeness (QED) is 0.459. The van der Waals surface area contributed by atoms with Gasteiger partial charge in [0.15, 0.2) is 0 Å². The normalized spacial score (nSPS) is 15.9. The van der Waals surface area contributed by atoms with Gasteiger partial charge in [-0.1, -0.05) is 32.6 Å². The van der Waals surface area contributed by atoms with Crippen molar-refractivity contribution in [3.05, 3.63) is 0 Å². The summed E-state index contributed by atoms with van der Waals surface area (Å²) in [6, 6.07) is 0. The third-order valence-corrected chi connectivity index (χ3v) is 2.23. The van der Waals surface area contributed by atoms with Gasteiger partial charge in [0.25, 0.3) is 0 Å². The summed E-state index contributed by atoms with van der Waals surface area (Å²) >= 11 is 0. The number of hydrogen-bond donors (Lipinski definition) is 0. The van der Waals surface area contributed by atoms with E-state index in [0.717, 1.165) is 19.5 Å². The highest BCUT2D eigenvalue weighted by atomic mass is 31.2. The van der Waals surface area contributed by atoms with Crippen LogP contribution in [0.15, 0.2) is 0 Å². The first kappa shape index (κ1) is 12.2. The van der Waals surface area contributed by atoms with Crippen molar-refractivity contribution in [3.63, 3.8) is 0 Å². The van der Waals surface area contributed by atoms with Crippen molar-refractivity contribution in [2.24, 2.45) is 0 Å². The van der Waals surface area contributed by atoms with Crippen molar-refractivity contribution in [2.45, 2.75) is 39.0 Å². The van der Waals surface area contributed by atoms with E-state index in [-0.39, 0.29) is 0 Å².